The molecule has 0 atom stereocenters. The number of rotatable bonds is 1. The standard InChI is InChI=1S/C6H5ClN4/c7-4-5-9-10-6-8-2-1-3-11(5)6/h1-3H,4H2. The van der Waals surface area contributed by atoms with Crippen molar-refractivity contribution < 1.29 is 0 Å². The summed E-state index contributed by atoms with van der Waals surface area (Å²) in [5.41, 5.74) is 0. The Morgan fingerprint density at radius 1 is 1.45 bits per heavy atom. The maximum atomic E-state index is 5.60. The highest BCUT2D eigenvalue weighted by Crippen LogP contribution is 2.01. The summed E-state index contributed by atoms with van der Waals surface area (Å²) in [5, 5.41) is 7.64. The molecule has 0 aromatic carbocycles. The summed E-state index contributed by atoms with van der Waals surface area (Å²) in [7, 11) is 0. The van der Waals surface area contributed by atoms with Crippen molar-refractivity contribution in [2.45, 2.75) is 5.88 Å². The van der Waals surface area contributed by atoms with Crippen LogP contribution in [-0.2, 0) is 5.88 Å². The van der Waals surface area contributed by atoms with E-state index in [0.29, 0.717) is 11.7 Å². The number of nitrogens with zero attached hydrogens (tertiary/aromatic N) is 4. The number of aromatic nitrogens is 4. The summed E-state index contributed by atoms with van der Waals surface area (Å²) in [4.78, 5) is 3.98. The lowest BCUT2D eigenvalue weighted by Crippen LogP contribution is -1.90. The fraction of sp³-hybridized carbons (Fsp3) is 0.167. The lowest BCUT2D eigenvalue weighted by molar-refractivity contribution is 0.984. The van der Waals surface area contributed by atoms with Crippen LogP contribution in [0.4, 0.5) is 0 Å². The highest BCUT2D eigenvalue weighted by Gasteiger charge is 2.01. The molecule has 0 aliphatic rings. The van der Waals surface area contributed by atoms with Crippen LogP contribution in [0, 0.1) is 0 Å². The number of halogens is 1. The lowest BCUT2D eigenvalue weighted by atomic mass is 10.6. The minimum atomic E-state index is 0.354. The van der Waals surface area contributed by atoms with Crippen molar-refractivity contribution in [3.8, 4) is 0 Å². The van der Waals surface area contributed by atoms with Gasteiger partial charge < -0.3 is 0 Å². The van der Waals surface area contributed by atoms with E-state index in [2.05, 4.69) is 15.2 Å². The molecule has 0 aliphatic heterocycles. The van der Waals surface area contributed by atoms with E-state index < -0.39 is 0 Å². The minimum absolute atomic E-state index is 0.354. The van der Waals surface area contributed by atoms with Crippen LogP contribution in [0.2, 0.25) is 0 Å². The van der Waals surface area contributed by atoms with Gasteiger partial charge in [0, 0.05) is 12.4 Å². The highest BCUT2D eigenvalue weighted by molar-refractivity contribution is 6.16. The molecule has 0 N–H and O–H groups in total. The zero-order valence-corrected chi connectivity index (χ0v) is 6.36. The summed E-state index contributed by atoms with van der Waals surface area (Å²) >= 11 is 5.60. The summed E-state index contributed by atoms with van der Waals surface area (Å²) in [6.45, 7) is 0. The van der Waals surface area contributed by atoms with Gasteiger partial charge in [0.05, 0.1) is 5.88 Å². The third-order valence-corrected chi connectivity index (χ3v) is 1.62. The van der Waals surface area contributed by atoms with Crippen LogP contribution >= 0.6 is 11.6 Å². The Balaban J connectivity index is 2.76. The largest absolute Gasteiger partial charge is 0.269 e. The Morgan fingerprint density at radius 2 is 2.36 bits per heavy atom. The Kier molecular flexibility index (Phi) is 1.47. The van der Waals surface area contributed by atoms with Crippen molar-refractivity contribution in [3.05, 3.63) is 24.3 Å². The van der Waals surface area contributed by atoms with Crippen molar-refractivity contribution in [2.24, 2.45) is 0 Å². The van der Waals surface area contributed by atoms with E-state index in [-0.39, 0.29) is 0 Å². The van der Waals surface area contributed by atoms with Crippen molar-refractivity contribution in [1.29, 1.82) is 0 Å². The van der Waals surface area contributed by atoms with E-state index in [1.807, 2.05) is 12.3 Å². The first-order valence-electron chi connectivity index (χ1n) is 3.12. The monoisotopic (exact) mass is 168 g/mol. The van der Waals surface area contributed by atoms with E-state index >= 15 is 0 Å². The van der Waals surface area contributed by atoms with Gasteiger partial charge in [0.25, 0.3) is 5.78 Å². The second-order valence-corrected chi connectivity index (χ2v) is 2.31. The normalized spacial score (nSPS) is 10.6. The molecule has 2 rings (SSSR count). The Bertz CT molecular complexity index is 369. The molecule has 0 amide bonds. The van der Waals surface area contributed by atoms with Crippen molar-refractivity contribution in [1.82, 2.24) is 19.6 Å². The lowest BCUT2D eigenvalue weighted by Gasteiger charge is -1.90. The van der Waals surface area contributed by atoms with E-state index in [0.717, 1.165) is 5.82 Å². The second-order valence-electron chi connectivity index (χ2n) is 2.04. The quantitative estimate of drug-likeness (QED) is 0.594. The summed E-state index contributed by atoms with van der Waals surface area (Å²) in [6.07, 6.45) is 3.50. The van der Waals surface area contributed by atoms with E-state index in [1.165, 1.54) is 0 Å². The average molecular weight is 169 g/mol. The zero-order chi connectivity index (χ0) is 7.68. The van der Waals surface area contributed by atoms with Crippen LogP contribution in [0.25, 0.3) is 5.78 Å². The Hall–Kier alpha value is -1.16. The molecule has 0 saturated heterocycles. The van der Waals surface area contributed by atoms with Gasteiger partial charge in [-0.1, -0.05) is 0 Å². The smallest absolute Gasteiger partial charge is 0.254 e. The van der Waals surface area contributed by atoms with Crippen LogP contribution in [-0.4, -0.2) is 19.6 Å². The fourth-order valence-electron chi connectivity index (χ4n) is 0.880. The van der Waals surface area contributed by atoms with E-state index in [9.17, 15) is 0 Å². The van der Waals surface area contributed by atoms with Gasteiger partial charge >= 0.3 is 0 Å². The Morgan fingerprint density at radius 3 is 3.18 bits per heavy atom. The number of fused-ring (bicyclic) bond motifs is 1. The molecule has 0 unspecified atom stereocenters. The predicted octanol–water partition coefficient (Wildman–Crippen LogP) is 0.863. The molecule has 56 valence electrons. The summed E-state index contributed by atoms with van der Waals surface area (Å²) in [5.74, 6) is 1.66. The van der Waals surface area contributed by atoms with Crippen molar-refractivity contribution in [3.63, 3.8) is 0 Å². The van der Waals surface area contributed by atoms with Crippen LogP contribution in [0.1, 0.15) is 5.82 Å². The van der Waals surface area contributed by atoms with Crippen LogP contribution in [0.15, 0.2) is 18.5 Å². The second kappa shape index (κ2) is 2.47. The van der Waals surface area contributed by atoms with Crippen molar-refractivity contribution >= 4 is 17.4 Å². The van der Waals surface area contributed by atoms with Gasteiger partial charge in [-0.2, -0.15) is 0 Å². The van der Waals surface area contributed by atoms with Crippen LogP contribution in [0.5, 0.6) is 0 Å². The molecule has 11 heavy (non-hydrogen) atoms. The first-order valence-corrected chi connectivity index (χ1v) is 3.66. The van der Waals surface area contributed by atoms with Gasteiger partial charge in [-0.25, -0.2) is 4.98 Å². The van der Waals surface area contributed by atoms with Crippen LogP contribution < -0.4 is 0 Å². The number of hydrogen-bond acceptors (Lipinski definition) is 3. The van der Waals surface area contributed by atoms with Gasteiger partial charge in [0.2, 0.25) is 0 Å². The van der Waals surface area contributed by atoms with Gasteiger partial charge in [0.15, 0.2) is 5.82 Å². The number of hydrogen-bond donors (Lipinski definition) is 0. The third-order valence-electron chi connectivity index (χ3n) is 1.38. The molecule has 0 aliphatic carbocycles. The van der Waals surface area contributed by atoms with E-state index in [1.54, 1.807) is 10.6 Å². The first-order chi connectivity index (χ1) is 5.42. The molecule has 2 aromatic heterocycles. The Labute approximate surface area is 67.8 Å². The maximum Gasteiger partial charge on any atom is 0.254 e. The van der Waals surface area contributed by atoms with Crippen LogP contribution in [0.3, 0.4) is 0 Å². The third kappa shape index (κ3) is 0.952. The molecular formula is C6H5ClN4. The maximum absolute atomic E-state index is 5.60. The predicted molar refractivity (Wildman–Crippen MR) is 40.3 cm³/mol. The van der Waals surface area contributed by atoms with Gasteiger partial charge in [-0.3, -0.25) is 4.40 Å². The van der Waals surface area contributed by atoms with Crippen molar-refractivity contribution in [2.75, 3.05) is 0 Å². The molecule has 2 aromatic rings. The topological polar surface area (TPSA) is 43.1 Å². The van der Waals surface area contributed by atoms with Gasteiger partial charge in [0.1, 0.15) is 0 Å². The molecule has 0 saturated carbocycles. The average Bonchev–Trinajstić information content (AvgIpc) is 2.47. The SMILES string of the molecule is ClCc1nnc2ncccn12. The van der Waals surface area contributed by atoms with Gasteiger partial charge in [-0.05, 0) is 6.07 Å². The molecule has 2 heterocycles. The highest BCUT2D eigenvalue weighted by atomic mass is 35.5. The molecule has 0 radical (unpaired) electrons. The zero-order valence-electron chi connectivity index (χ0n) is 5.61. The molecular weight excluding hydrogens is 164 g/mol. The summed E-state index contributed by atoms with van der Waals surface area (Å²) < 4.78 is 1.76. The molecule has 5 heteroatoms. The summed E-state index contributed by atoms with van der Waals surface area (Å²) in [6, 6.07) is 1.81. The van der Waals surface area contributed by atoms with Gasteiger partial charge in [-0.15, -0.1) is 21.8 Å². The minimum Gasteiger partial charge on any atom is -0.269 e. The molecule has 0 bridgehead atoms. The first kappa shape index (κ1) is 6.54. The van der Waals surface area contributed by atoms with E-state index in [4.69, 9.17) is 11.6 Å². The molecule has 0 spiro atoms. The molecule has 0 fully saturated rings. The fourth-order valence-corrected chi connectivity index (χ4v) is 1.06. The number of alkyl halides is 1. The molecule has 4 nitrogen and oxygen atoms in total.